The highest BCUT2D eigenvalue weighted by atomic mass is 32.2. The number of benzene rings is 2. The second-order valence-electron chi connectivity index (χ2n) is 6.70. The highest BCUT2D eigenvalue weighted by Crippen LogP contribution is 2.31. The maximum atomic E-state index is 12.9. The molecule has 2 aromatic rings. The number of hydrogen-bond acceptors (Lipinski definition) is 4. The summed E-state index contributed by atoms with van der Waals surface area (Å²) in [5, 5.41) is 4.05. The van der Waals surface area contributed by atoms with Crippen LogP contribution in [0.15, 0.2) is 70.7 Å². The van der Waals surface area contributed by atoms with E-state index in [9.17, 15) is 21.6 Å². The third-order valence-corrected chi connectivity index (χ3v) is 6.47. The van der Waals surface area contributed by atoms with Crippen LogP contribution in [-0.4, -0.2) is 38.1 Å². The van der Waals surface area contributed by atoms with Gasteiger partial charge in [-0.1, -0.05) is 47.6 Å². The average molecular weight is 438 g/mol. The molecule has 5 nitrogen and oxygen atoms in total. The van der Waals surface area contributed by atoms with Crippen molar-refractivity contribution in [3.8, 4) is 0 Å². The number of rotatable bonds is 6. The standard InChI is InChI=1S/C21H21F3N2O3S/c22-21(23,24)18-9-4-10-20(16-18)30(27,28)26-13-11-19(12-14-26)25-29-15-5-8-17-6-2-1-3-7-17/h1-10,16H,11-15H2. The zero-order chi connectivity index (χ0) is 21.6. The van der Waals surface area contributed by atoms with Gasteiger partial charge in [0.15, 0.2) is 0 Å². The van der Waals surface area contributed by atoms with Crippen molar-refractivity contribution in [1.82, 2.24) is 4.31 Å². The van der Waals surface area contributed by atoms with Crippen LogP contribution in [0.2, 0.25) is 0 Å². The molecule has 3 rings (SSSR count). The Balaban J connectivity index is 1.54. The van der Waals surface area contributed by atoms with Crippen molar-refractivity contribution in [2.24, 2.45) is 5.16 Å². The van der Waals surface area contributed by atoms with E-state index in [2.05, 4.69) is 5.16 Å². The first kappa shape index (κ1) is 22.0. The van der Waals surface area contributed by atoms with E-state index in [4.69, 9.17) is 4.84 Å². The highest BCUT2D eigenvalue weighted by Gasteiger charge is 2.33. The second kappa shape index (κ2) is 9.44. The lowest BCUT2D eigenvalue weighted by Crippen LogP contribution is -2.38. The monoisotopic (exact) mass is 438 g/mol. The van der Waals surface area contributed by atoms with Crippen LogP contribution in [0, 0.1) is 0 Å². The molecule has 9 heteroatoms. The summed E-state index contributed by atoms with van der Waals surface area (Å²) in [6.07, 6.45) is -0.141. The summed E-state index contributed by atoms with van der Waals surface area (Å²) in [5.41, 5.74) is 0.778. The van der Waals surface area contributed by atoms with Gasteiger partial charge < -0.3 is 4.84 Å². The van der Waals surface area contributed by atoms with Gasteiger partial charge in [-0.2, -0.15) is 17.5 Å². The summed E-state index contributed by atoms with van der Waals surface area (Å²) >= 11 is 0. The third kappa shape index (κ3) is 5.70. The van der Waals surface area contributed by atoms with E-state index in [1.807, 2.05) is 42.5 Å². The van der Waals surface area contributed by atoms with E-state index >= 15 is 0 Å². The van der Waals surface area contributed by atoms with Gasteiger partial charge in [0, 0.05) is 25.9 Å². The number of sulfonamides is 1. The molecule has 30 heavy (non-hydrogen) atoms. The molecule has 0 atom stereocenters. The minimum atomic E-state index is -4.60. The van der Waals surface area contributed by atoms with Crippen LogP contribution < -0.4 is 0 Å². The fraction of sp³-hybridized carbons (Fsp3) is 0.286. The number of hydrogen-bond donors (Lipinski definition) is 0. The van der Waals surface area contributed by atoms with Crippen LogP contribution in [0.3, 0.4) is 0 Å². The lowest BCUT2D eigenvalue weighted by molar-refractivity contribution is -0.137. The molecule has 0 amide bonds. The molecule has 2 aromatic carbocycles. The van der Waals surface area contributed by atoms with Gasteiger partial charge in [-0.05, 0) is 29.8 Å². The van der Waals surface area contributed by atoms with E-state index in [-0.39, 0.29) is 24.6 Å². The predicted octanol–water partition coefficient (Wildman–Crippen LogP) is 4.58. The lowest BCUT2D eigenvalue weighted by atomic mass is 10.1. The van der Waals surface area contributed by atoms with Crippen LogP contribution >= 0.6 is 0 Å². The SMILES string of the molecule is O=S(=O)(c1cccc(C(F)(F)F)c1)N1CCC(=NOCC=Cc2ccccc2)CC1. The molecule has 1 aliphatic rings. The van der Waals surface area contributed by atoms with Crippen LogP contribution in [0.25, 0.3) is 6.08 Å². The molecule has 0 bridgehead atoms. The minimum Gasteiger partial charge on any atom is -0.392 e. The minimum absolute atomic E-state index is 0.140. The van der Waals surface area contributed by atoms with Gasteiger partial charge in [-0.15, -0.1) is 0 Å². The smallest absolute Gasteiger partial charge is 0.392 e. The molecule has 0 saturated carbocycles. The molecule has 1 saturated heterocycles. The van der Waals surface area contributed by atoms with Gasteiger partial charge in [0.05, 0.1) is 16.2 Å². The summed E-state index contributed by atoms with van der Waals surface area (Å²) in [6, 6.07) is 13.5. The Morgan fingerprint density at radius 1 is 1.03 bits per heavy atom. The fourth-order valence-electron chi connectivity index (χ4n) is 2.98. The molecular weight excluding hydrogens is 417 g/mol. The molecule has 1 aliphatic heterocycles. The van der Waals surface area contributed by atoms with Crippen molar-refractivity contribution in [3.05, 3.63) is 71.8 Å². The van der Waals surface area contributed by atoms with Gasteiger partial charge in [-0.3, -0.25) is 0 Å². The molecule has 0 aliphatic carbocycles. The Bertz CT molecular complexity index is 1010. The number of nitrogens with zero attached hydrogens (tertiary/aromatic N) is 2. The molecule has 0 radical (unpaired) electrons. The Hall–Kier alpha value is -2.65. The van der Waals surface area contributed by atoms with Crippen molar-refractivity contribution < 1.29 is 26.4 Å². The largest absolute Gasteiger partial charge is 0.416 e. The molecule has 0 unspecified atom stereocenters. The zero-order valence-corrected chi connectivity index (χ0v) is 16.9. The fourth-order valence-corrected chi connectivity index (χ4v) is 4.47. The first-order chi connectivity index (χ1) is 14.3. The van der Waals surface area contributed by atoms with E-state index in [0.29, 0.717) is 18.9 Å². The van der Waals surface area contributed by atoms with Gasteiger partial charge in [-0.25, -0.2) is 8.42 Å². The first-order valence-electron chi connectivity index (χ1n) is 9.33. The number of alkyl halides is 3. The third-order valence-electron chi connectivity index (χ3n) is 4.57. The van der Waals surface area contributed by atoms with Crippen molar-refractivity contribution in [2.45, 2.75) is 23.9 Å². The molecule has 1 fully saturated rings. The molecule has 1 heterocycles. The van der Waals surface area contributed by atoms with Crippen LogP contribution in [0.1, 0.15) is 24.0 Å². The maximum Gasteiger partial charge on any atom is 0.416 e. The van der Waals surface area contributed by atoms with E-state index < -0.39 is 21.8 Å². The summed E-state index contributed by atoms with van der Waals surface area (Å²) < 4.78 is 65.2. The Kier molecular flexibility index (Phi) is 6.94. The van der Waals surface area contributed by atoms with Crippen LogP contribution in [0.5, 0.6) is 0 Å². The predicted molar refractivity (Wildman–Crippen MR) is 108 cm³/mol. The van der Waals surface area contributed by atoms with Gasteiger partial charge >= 0.3 is 6.18 Å². The number of piperidine rings is 1. The van der Waals surface area contributed by atoms with Crippen LogP contribution in [-0.2, 0) is 21.0 Å². The summed E-state index contributed by atoms with van der Waals surface area (Å²) in [6.45, 7) is 0.561. The topological polar surface area (TPSA) is 59.0 Å². The van der Waals surface area contributed by atoms with Gasteiger partial charge in [0.25, 0.3) is 0 Å². The van der Waals surface area contributed by atoms with Crippen LogP contribution in [0.4, 0.5) is 13.2 Å². The van der Waals surface area contributed by atoms with Crippen molar-refractivity contribution >= 4 is 21.8 Å². The molecule has 0 spiro atoms. The van der Waals surface area contributed by atoms with Gasteiger partial charge in [0.1, 0.15) is 6.61 Å². The highest BCUT2D eigenvalue weighted by molar-refractivity contribution is 7.89. The van der Waals surface area contributed by atoms with E-state index in [1.165, 1.54) is 10.4 Å². The molecular formula is C21H21F3N2O3S. The Morgan fingerprint density at radius 2 is 1.73 bits per heavy atom. The van der Waals surface area contributed by atoms with Crippen molar-refractivity contribution in [1.29, 1.82) is 0 Å². The maximum absolute atomic E-state index is 12.9. The Morgan fingerprint density at radius 3 is 2.40 bits per heavy atom. The molecule has 160 valence electrons. The van der Waals surface area contributed by atoms with E-state index in [0.717, 1.165) is 23.4 Å². The Labute approximate surface area is 173 Å². The number of halogens is 3. The summed E-state index contributed by atoms with van der Waals surface area (Å²) in [7, 11) is -4.00. The number of oxime groups is 1. The quantitative estimate of drug-likeness (QED) is 0.490. The second-order valence-corrected chi connectivity index (χ2v) is 8.63. The van der Waals surface area contributed by atoms with Crippen molar-refractivity contribution in [3.63, 3.8) is 0 Å². The molecule has 0 N–H and O–H groups in total. The van der Waals surface area contributed by atoms with Gasteiger partial charge in [0.2, 0.25) is 10.0 Å². The lowest BCUT2D eigenvalue weighted by Gasteiger charge is -2.26. The summed E-state index contributed by atoms with van der Waals surface area (Å²) in [5.74, 6) is 0. The zero-order valence-electron chi connectivity index (χ0n) is 16.0. The van der Waals surface area contributed by atoms with E-state index in [1.54, 1.807) is 0 Å². The first-order valence-corrected chi connectivity index (χ1v) is 10.8. The molecule has 0 aromatic heterocycles. The normalized spacial score (nSPS) is 16.0. The van der Waals surface area contributed by atoms with Crippen molar-refractivity contribution in [2.75, 3.05) is 19.7 Å². The summed E-state index contributed by atoms with van der Waals surface area (Å²) in [4.78, 5) is 4.90. The average Bonchev–Trinajstić information content (AvgIpc) is 2.74.